The first-order valence-electron chi connectivity index (χ1n) is 7.00. The summed E-state index contributed by atoms with van der Waals surface area (Å²) in [4.78, 5) is 4.45. The molecule has 0 bridgehead atoms. The van der Waals surface area contributed by atoms with E-state index < -0.39 is 0 Å². The molecule has 0 fully saturated rings. The molecule has 3 heteroatoms. The first-order chi connectivity index (χ1) is 8.29. The van der Waals surface area contributed by atoms with Crippen molar-refractivity contribution in [2.75, 3.05) is 6.54 Å². The van der Waals surface area contributed by atoms with E-state index in [1.807, 2.05) is 12.4 Å². The van der Waals surface area contributed by atoms with Gasteiger partial charge in [-0.15, -0.1) is 0 Å². The van der Waals surface area contributed by atoms with Crippen molar-refractivity contribution >= 4 is 0 Å². The van der Waals surface area contributed by atoms with Crippen molar-refractivity contribution in [3.05, 3.63) is 18.2 Å². The predicted molar refractivity (Wildman–Crippen MR) is 73.0 cm³/mol. The van der Waals surface area contributed by atoms with Crippen LogP contribution in [0.4, 0.5) is 0 Å². The number of nitrogens with one attached hydrogen (secondary N) is 1. The molecule has 1 N–H and O–H groups in total. The molecule has 1 rings (SSSR count). The van der Waals surface area contributed by atoms with Crippen molar-refractivity contribution in [2.45, 2.75) is 58.4 Å². The van der Waals surface area contributed by atoms with E-state index in [0.717, 1.165) is 6.54 Å². The Labute approximate surface area is 106 Å². The third kappa shape index (κ3) is 4.90. The second-order valence-corrected chi connectivity index (χ2v) is 4.71. The van der Waals surface area contributed by atoms with Crippen LogP contribution in [0.3, 0.4) is 0 Å². The third-order valence-electron chi connectivity index (χ3n) is 3.22. The molecular weight excluding hydrogens is 210 g/mol. The number of nitrogens with zero attached hydrogens (tertiary/aromatic N) is 2. The lowest BCUT2D eigenvalue weighted by Crippen LogP contribution is -2.23. The highest BCUT2D eigenvalue weighted by Gasteiger charge is 2.13. The molecule has 1 heterocycles. The summed E-state index contributed by atoms with van der Waals surface area (Å²) >= 11 is 0. The van der Waals surface area contributed by atoms with Crippen LogP contribution in [0.5, 0.6) is 0 Å². The van der Waals surface area contributed by atoms with Gasteiger partial charge in [0.2, 0.25) is 0 Å². The van der Waals surface area contributed by atoms with Crippen molar-refractivity contribution in [1.29, 1.82) is 0 Å². The summed E-state index contributed by atoms with van der Waals surface area (Å²) in [7, 11) is 2.07. The molecule has 0 aliphatic rings. The number of hydrogen-bond acceptors (Lipinski definition) is 2. The molecule has 1 unspecified atom stereocenters. The van der Waals surface area contributed by atoms with Crippen LogP contribution in [0, 0.1) is 0 Å². The molecular formula is C14H27N3. The second kappa shape index (κ2) is 8.29. The van der Waals surface area contributed by atoms with Gasteiger partial charge in [-0.1, -0.05) is 46.0 Å². The average Bonchev–Trinajstić information content (AvgIpc) is 2.74. The Balaban J connectivity index is 2.36. The van der Waals surface area contributed by atoms with Crippen molar-refractivity contribution in [1.82, 2.24) is 14.9 Å². The van der Waals surface area contributed by atoms with E-state index in [1.54, 1.807) is 0 Å². The smallest absolute Gasteiger partial charge is 0.125 e. The Morgan fingerprint density at radius 1 is 1.24 bits per heavy atom. The molecule has 3 nitrogen and oxygen atoms in total. The van der Waals surface area contributed by atoms with Crippen molar-refractivity contribution in [2.24, 2.45) is 7.05 Å². The summed E-state index contributed by atoms with van der Waals surface area (Å²) in [6.07, 6.45) is 11.8. The fourth-order valence-corrected chi connectivity index (χ4v) is 2.23. The molecule has 0 spiro atoms. The maximum absolute atomic E-state index is 4.45. The third-order valence-corrected chi connectivity index (χ3v) is 3.22. The average molecular weight is 237 g/mol. The highest BCUT2D eigenvalue weighted by atomic mass is 15.1. The fraction of sp³-hybridized carbons (Fsp3) is 0.786. The Hall–Kier alpha value is -0.830. The van der Waals surface area contributed by atoms with Crippen molar-refractivity contribution in [3.8, 4) is 0 Å². The van der Waals surface area contributed by atoms with Gasteiger partial charge in [-0.25, -0.2) is 4.98 Å². The molecule has 0 aliphatic carbocycles. The van der Waals surface area contributed by atoms with Gasteiger partial charge in [-0.3, -0.25) is 0 Å². The Morgan fingerprint density at radius 3 is 2.59 bits per heavy atom. The SMILES string of the molecule is CCCCCCCC(NCC)c1nccn1C. The van der Waals surface area contributed by atoms with Gasteiger partial charge < -0.3 is 9.88 Å². The summed E-state index contributed by atoms with van der Waals surface area (Å²) in [5.74, 6) is 1.17. The quantitative estimate of drug-likeness (QED) is 0.667. The van der Waals surface area contributed by atoms with Crippen LogP contribution < -0.4 is 5.32 Å². The van der Waals surface area contributed by atoms with Gasteiger partial charge in [0.1, 0.15) is 5.82 Å². The van der Waals surface area contributed by atoms with E-state index in [1.165, 1.54) is 44.3 Å². The van der Waals surface area contributed by atoms with E-state index in [2.05, 4.69) is 35.8 Å². The lowest BCUT2D eigenvalue weighted by molar-refractivity contribution is 0.450. The largest absolute Gasteiger partial charge is 0.337 e. The zero-order valence-corrected chi connectivity index (χ0v) is 11.6. The summed E-state index contributed by atoms with van der Waals surface area (Å²) in [5.41, 5.74) is 0. The van der Waals surface area contributed by atoms with Gasteiger partial charge in [0.15, 0.2) is 0 Å². The number of aromatic nitrogens is 2. The number of aryl methyl sites for hydroxylation is 1. The highest BCUT2D eigenvalue weighted by molar-refractivity contribution is 4.98. The summed E-state index contributed by atoms with van der Waals surface area (Å²) < 4.78 is 2.12. The van der Waals surface area contributed by atoms with Crippen LogP contribution in [0.15, 0.2) is 12.4 Å². The van der Waals surface area contributed by atoms with Gasteiger partial charge in [0.25, 0.3) is 0 Å². The maximum Gasteiger partial charge on any atom is 0.125 e. The standard InChI is InChI=1S/C14H27N3/c1-4-6-7-8-9-10-13(15-5-2)14-16-11-12-17(14)3/h11-13,15H,4-10H2,1-3H3. The lowest BCUT2D eigenvalue weighted by Gasteiger charge is -2.17. The molecule has 98 valence electrons. The van der Waals surface area contributed by atoms with Crippen LogP contribution in [-0.2, 0) is 7.05 Å². The topological polar surface area (TPSA) is 29.9 Å². The summed E-state index contributed by atoms with van der Waals surface area (Å²) in [6.45, 7) is 5.43. The Kier molecular flexibility index (Phi) is 6.94. The van der Waals surface area contributed by atoms with Crippen molar-refractivity contribution in [3.63, 3.8) is 0 Å². The molecule has 0 aliphatic heterocycles. The first-order valence-corrected chi connectivity index (χ1v) is 7.00. The molecule has 17 heavy (non-hydrogen) atoms. The van der Waals surface area contributed by atoms with Gasteiger partial charge in [-0.2, -0.15) is 0 Å². The second-order valence-electron chi connectivity index (χ2n) is 4.71. The number of hydrogen-bond donors (Lipinski definition) is 1. The summed E-state index contributed by atoms with van der Waals surface area (Å²) in [6, 6.07) is 0.418. The number of imidazole rings is 1. The van der Waals surface area contributed by atoms with E-state index in [-0.39, 0.29) is 0 Å². The number of unbranched alkanes of at least 4 members (excludes halogenated alkanes) is 4. The minimum absolute atomic E-state index is 0.418. The van der Waals surface area contributed by atoms with Gasteiger partial charge >= 0.3 is 0 Å². The minimum atomic E-state index is 0.418. The highest BCUT2D eigenvalue weighted by Crippen LogP contribution is 2.18. The summed E-state index contributed by atoms with van der Waals surface area (Å²) in [5, 5.41) is 3.53. The molecule has 0 aromatic carbocycles. The molecule has 1 aromatic rings. The Morgan fingerprint density at radius 2 is 2.00 bits per heavy atom. The predicted octanol–water partition coefficient (Wildman–Crippen LogP) is 3.43. The van der Waals surface area contributed by atoms with Gasteiger partial charge in [0, 0.05) is 19.4 Å². The fourth-order valence-electron chi connectivity index (χ4n) is 2.23. The normalized spacial score (nSPS) is 12.9. The lowest BCUT2D eigenvalue weighted by atomic mass is 10.1. The zero-order valence-electron chi connectivity index (χ0n) is 11.6. The maximum atomic E-state index is 4.45. The molecule has 0 radical (unpaired) electrons. The molecule has 0 saturated carbocycles. The van der Waals surface area contributed by atoms with Crippen LogP contribution in [0.1, 0.15) is 64.2 Å². The van der Waals surface area contributed by atoms with Crippen LogP contribution in [0.2, 0.25) is 0 Å². The van der Waals surface area contributed by atoms with E-state index in [9.17, 15) is 0 Å². The van der Waals surface area contributed by atoms with E-state index in [4.69, 9.17) is 0 Å². The van der Waals surface area contributed by atoms with E-state index >= 15 is 0 Å². The molecule has 1 atom stereocenters. The van der Waals surface area contributed by atoms with Crippen LogP contribution in [-0.4, -0.2) is 16.1 Å². The van der Waals surface area contributed by atoms with Crippen LogP contribution >= 0.6 is 0 Å². The zero-order chi connectivity index (χ0) is 12.5. The van der Waals surface area contributed by atoms with Gasteiger partial charge in [-0.05, 0) is 13.0 Å². The Bertz CT molecular complexity index is 293. The molecule has 0 saturated heterocycles. The first kappa shape index (κ1) is 14.2. The van der Waals surface area contributed by atoms with Crippen LogP contribution in [0.25, 0.3) is 0 Å². The van der Waals surface area contributed by atoms with E-state index in [0.29, 0.717) is 6.04 Å². The monoisotopic (exact) mass is 237 g/mol. The number of rotatable bonds is 9. The minimum Gasteiger partial charge on any atom is -0.337 e. The van der Waals surface area contributed by atoms with Gasteiger partial charge in [0.05, 0.1) is 6.04 Å². The molecule has 1 aromatic heterocycles. The van der Waals surface area contributed by atoms with Crippen molar-refractivity contribution < 1.29 is 0 Å². The molecule has 0 amide bonds.